The van der Waals surface area contributed by atoms with Crippen LogP contribution in [-0.4, -0.2) is 18.3 Å². The summed E-state index contributed by atoms with van der Waals surface area (Å²) >= 11 is 0. The zero-order valence-corrected chi connectivity index (χ0v) is 13.8. The second kappa shape index (κ2) is 9.61. The summed E-state index contributed by atoms with van der Waals surface area (Å²) in [6.07, 6.45) is 9.66. The monoisotopic (exact) mass is 250 g/mol. The Labute approximate surface area is 105 Å². The lowest BCUT2D eigenvalue weighted by Crippen LogP contribution is -2.31. The molecule has 2 heteroatoms. The molecule has 0 aromatic rings. The molecule has 0 rings (SSSR count). The second-order valence-corrected chi connectivity index (χ2v) is 9.57. The van der Waals surface area contributed by atoms with Crippen LogP contribution in [0.2, 0.25) is 18.1 Å². The number of rotatable bonds is 10. The van der Waals surface area contributed by atoms with Crippen LogP contribution in [0.3, 0.4) is 0 Å². The summed E-state index contributed by atoms with van der Waals surface area (Å²) < 4.78 is 0. The first-order valence-corrected chi connectivity index (χ1v) is 10.1. The predicted molar refractivity (Wildman–Crippen MR) is 83.7 cm³/mol. The molecule has 0 atom stereocenters. The van der Waals surface area contributed by atoms with Gasteiger partial charge in [0.25, 0.3) is 0 Å². The SMILES string of the molecule is C=CCC[Si](C=C[SiH3])(CCC=C)CCC=C. The van der Waals surface area contributed by atoms with Gasteiger partial charge in [-0.1, -0.05) is 36.4 Å². The summed E-state index contributed by atoms with van der Waals surface area (Å²) in [5.74, 6) is 0. The molecule has 0 heterocycles. The molecule has 0 saturated carbocycles. The van der Waals surface area contributed by atoms with Gasteiger partial charge in [-0.05, 0) is 19.3 Å². The van der Waals surface area contributed by atoms with Crippen molar-refractivity contribution in [1.82, 2.24) is 0 Å². The van der Waals surface area contributed by atoms with Gasteiger partial charge in [-0.15, -0.1) is 31.1 Å². The normalized spacial score (nSPS) is 11.8. The molecule has 0 spiro atoms. The molecule has 16 heavy (non-hydrogen) atoms. The molecule has 0 radical (unpaired) electrons. The molecular formula is C14H26Si2. The minimum Gasteiger partial charge on any atom is -0.113 e. The Morgan fingerprint density at radius 3 is 1.44 bits per heavy atom. The molecule has 0 N–H and O–H groups in total. The Morgan fingerprint density at radius 1 is 0.812 bits per heavy atom. The standard InChI is InChI=1S/C14H26Si2/c1-4-7-11-16(14-10-15,12-8-5-2)13-9-6-3/h4-6,10,14H,1-3,7-9,11-13H2,15H3. The van der Waals surface area contributed by atoms with E-state index in [9.17, 15) is 0 Å². The average Bonchev–Trinajstić information content (AvgIpc) is 2.31. The van der Waals surface area contributed by atoms with Crippen molar-refractivity contribution < 1.29 is 0 Å². The van der Waals surface area contributed by atoms with Crippen LogP contribution in [0.1, 0.15) is 19.3 Å². The number of hydrogen-bond acceptors (Lipinski definition) is 0. The third-order valence-corrected chi connectivity index (χ3v) is 8.95. The van der Waals surface area contributed by atoms with E-state index in [4.69, 9.17) is 0 Å². The molecular weight excluding hydrogens is 224 g/mol. The fourth-order valence-electron chi connectivity index (χ4n) is 2.15. The highest BCUT2D eigenvalue weighted by Crippen LogP contribution is 2.28. The van der Waals surface area contributed by atoms with Crippen molar-refractivity contribution in [2.45, 2.75) is 37.4 Å². The van der Waals surface area contributed by atoms with Crippen LogP contribution in [0.4, 0.5) is 0 Å². The molecule has 0 aromatic heterocycles. The zero-order valence-electron chi connectivity index (χ0n) is 10.8. The van der Waals surface area contributed by atoms with Crippen molar-refractivity contribution in [3.05, 3.63) is 49.4 Å². The molecule has 0 nitrogen and oxygen atoms in total. The van der Waals surface area contributed by atoms with Gasteiger partial charge in [0.05, 0.1) is 8.07 Å². The van der Waals surface area contributed by atoms with E-state index >= 15 is 0 Å². The first-order valence-electron chi connectivity index (χ1n) is 6.21. The van der Waals surface area contributed by atoms with E-state index in [0.29, 0.717) is 0 Å². The molecule has 90 valence electrons. The fraction of sp³-hybridized carbons (Fsp3) is 0.429. The molecule has 0 aromatic carbocycles. The van der Waals surface area contributed by atoms with Crippen molar-refractivity contribution in [2.24, 2.45) is 0 Å². The maximum absolute atomic E-state index is 3.85. The minimum atomic E-state index is -1.22. The predicted octanol–water partition coefficient (Wildman–Crippen LogP) is 3.58. The van der Waals surface area contributed by atoms with Crippen LogP contribution in [0, 0.1) is 0 Å². The molecule has 0 saturated heterocycles. The summed E-state index contributed by atoms with van der Waals surface area (Å²) in [6.45, 7) is 11.6. The van der Waals surface area contributed by atoms with Crippen molar-refractivity contribution >= 4 is 18.3 Å². The Balaban J connectivity index is 4.62. The number of hydrogen-bond donors (Lipinski definition) is 0. The fourth-order valence-corrected chi connectivity index (χ4v) is 8.56. The van der Waals surface area contributed by atoms with Crippen molar-refractivity contribution in [1.29, 1.82) is 0 Å². The van der Waals surface area contributed by atoms with Crippen LogP contribution in [-0.2, 0) is 0 Å². The highest BCUT2D eigenvalue weighted by atomic mass is 28.3. The Hall–Kier alpha value is -0.606. The van der Waals surface area contributed by atoms with Gasteiger partial charge in [0.2, 0.25) is 0 Å². The van der Waals surface area contributed by atoms with Gasteiger partial charge in [0.1, 0.15) is 0 Å². The van der Waals surface area contributed by atoms with Crippen LogP contribution in [0.15, 0.2) is 49.4 Å². The first kappa shape index (κ1) is 15.4. The van der Waals surface area contributed by atoms with Crippen molar-refractivity contribution in [2.75, 3.05) is 0 Å². The van der Waals surface area contributed by atoms with Gasteiger partial charge in [-0.3, -0.25) is 0 Å². The quantitative estimate of drug-likeness (QED) is 0.411. The lowest BCUT2D eigenvalue weighted by atomic mass is 10.5. The van der Waals surface area contributed by atoms with E-state index < -0.39 is 8.07 Å². The van der Waals surface area contributed by atoms with Crippen LogP contribution in [0.25, 0.3) is 0 Å². The van der Waals surface area contributed by atoms with E-state index in [1.54, 1.807) is 0 Å². The molecule has 0 aliphatic rings. The highest BCUT2D eigenvalue weighted by molar-refractivity contribution is 6.85. The first-order chi connectivity index (χ1) is 7.74. The zero-order chi connectivity index (χ0) is 12.3. The Morgan fingerprint density at radius 2 is 1.19 bits per heavy atom. The lowest BCUT2D eigenvalue weighted by molar-refractivity contribution is 1.03. The minimum absolute atomic E-state index is 1.16. The second-order valence-electron chi connectivity index (χ2n) is 4.34. The lowest BCUT2D eigenvalue weighted by Gasteiger charge is -2.27. The van der Waals surface area contributed by atoms with Crippen LogP contribution < -0.4 is 0 Å². The van der Waals surface area contributed by atoms with Gasteiger partial charge < -0.3 is 0 Å². The topological polar surface area (TPSA) is 0 Å². The van der Waals surface area contributed by atoms with E-state index in [0.717, 1.165) is 19.3 Å². The van der Waals surface area contributed by atoms with Crippen molar-refractivity contribution in [3.8, 4) is 0 Å². The van der Waals surface area contributed by atoms with E-state index in [1.807, 2.05) is 0 Å². The van der Waals surface area contributed by atoms with Gasteiger partial charge in [-0.25, -0.2) is 0 Å². The molecule has 0 aliphatic heterocycles. The highest BCUT2D eigenvalue weighted by Gasteiger charge is 2.26. The van der Waals surface area contributed by atoms with E-state index in [-0.39, 0.29) is 0 Å². The van der Waals surface area contributed by atoms with Gasteiger partial charge in [0, 0.05) is 10.2 Å². The maximum Gasteiger partial charge on any atom is 0.0777 e. The summed E-state index contributed by atoms with van der Waals surface area (Å²) in [6, 6.07) is 4.03. The Bertz CT molecular complexity index is 210. The molecule has 0 unspecified atom stereocenters. The largest absolute Gasteiger partial charge is 0.113 e. The molecule has 0 fully saturated rings. The van der Waals surface area contributed by atoms with Crippen LogP contribution >= 0.6 is 0 Å². The average molecular weight is 251 g/mol. The van der Waals surface area contributed by atoms with E-state index in [1.165, 1.54) is 28.4 Å². The van der Waals surface area contributed by atoms with Crippen LogP contribution in [0.5, 0.6) is 0 Å². The van der Waals surface area contributed by atoms with Gasteiger partial charge in [-0.2, -0.15) is 0 Å². The summed E-state index contributed by atoms with van der Waals surface area (Å²) in [5, 5.41) is 0. The summed E-state index contributed by atoms with van der Waals surface area (Å²) in [7, 11) is -0.0455. The van der Waals surface area contributed by atoms with Gasteiger partial charge in [0.15, 0.2) is 0 Å². The number of allylic oxidation sites excluding steroid dienone is 3. The molecule has 0 aliphatic carbocycles. The van der Waals surface area contributed by atoms with E-state index in [2.05, 4.69) is 49.4 Å². The third kappa shape index (κ3) is 6.08. The van der Waals surface area contributed by atoms with Crippen molar-refractivity contribution in [3.63, 3.8) is 0 Å². The maximum atomic E-state index is 3.85. The van der Waals surface area contributed by atoms with Gasteiger partial charge >= 0.3 is 0 Å². The summed E-state index contributed by atoms with van der Waals surface area (Å²) in [4.78, 5) is 0. The smallest absolute Gasteiger partial charge is 0.0777 e. The molecule has 0 bridgehead atoms. The summed E-state index contributed by atoms with van der Waals surface area (Å²) in [5.41, 5.74) is 4.94. The molecule has 0 amide bonds. The Kier molecular flexibility index (Phi) is 9.24. The third-order valence-electron chi connectivity index (χ3n) is 3.06.